The fraction of sp³-hybridized carbons (Fsp3) is 0.800. The predicted octanol–water partition coefficient (Wildman–Crippen LogP) is 0.638. The van der Waals surface area contributed by atoms with Gasteiger partial charge in [-0.05, 0) is 19.4 Å². The Morgan fingerprint density at radius 2 is 2.00 bits per heavy atom. The molecule has 1 atom stereocenters. The summed E-state index contributed by atoms with van der Waals surface area (Å²) in [7, 11) is 0. The summed E-state index contributed by atoms with van der Waals surface area (Å²) >= 11 is 4.98. The number of nitrogens with two attached hydrogens (primary N) is 2. The minimum atomic E-state index is -0.333. The van der Waals surface area contributed by atoms with Gasteiger partial charge in [-0.25, -0.2) is 0 Å². The van der Waals surface area contributed by atoms with Gasteiger partial charge in [0.1, 0.15) is 0 Å². The molecule has 0 fully saturated rings. The van der Waals surface area contributed by atoms with Crippen LogP contribution in [-0.2, 0) is 4.79 Å². The Labute approximate surface area is 97.0 Å². The molecule has 0 aromatic carbocycles. The molecule has 4 N–H and O–H groups in total. The van der Waals surface area contributed by atoms with Gasteiger partial charge in [-0.2, -0.15) is 0 Å². The molecule has 0 saturated carbocycles. The standard InChI is InChI=1S/C10H21N3OS/c1-3-5-6-13(7-9(11)14)8(4-2)10(12)15/h8H,3-7H2,1-2H3,(H2,11,14)(H2,12,15). The fourth-order valence-electron chi connectivity index (χ4n) is 1.55. The SMILES string of the molecule is CCCCN(CC(N)=O)C(CC)C(N)=S. The lowest BCUT2D eigenvalue weighted by Gasteiger charge is -2.28. The highest BCUT2D eigenvalue weighted by Crippen LogP contribution is 2.06. The van der Waals surface area contributed by atoms with E-state index in [9.17, 15) is 4.79 Å². The number of rotatable bonds is 8. The lowest BCUT2D eigenvalue weighted by Crippen LogP contribution is -2.47. The van der Waals surface area contributed by atoms with Crippen molar-refractivity contribution in [1.29, 1.82) is 0 Å². The third kappa shape index (κ3) is 5.69. The summed E-state index contributed by atoms with van der Waals surface area (Å²) in [5.41, 5.74) is 10.8. The van der Waals surface area contributed by atoms with E-state index in [0.717, 1.165) is 25.8 Å². The molecule has 88 valence electrons. The summed E-state index contributed by atoms with van der Waals surface area (Å²) in [5.74, 6) is -0.333. The van der Waals surface area contributed by atoms with Crippen LogP contribution in [0.25, 0.3) is 0 Å². The minimum absolute atomic E-state index is 0.0148. The highest BCUT2D eigenvalue weighted by Gasteiger charge is 2.20. The Morgan fingerprint density at radius 3 is 2.33 bits per heavy atom. The van der Waals surface area contributed by atoms with Crippen LogP contribution < -0.4 is 11.5 Å². The Kier molecular flexibility index (Phi) is 7.25. The van der Waals surface area contributed by atoms with Crippen LogP contribution >= 0.6 is 12.2 Å². The number of unbranched alkanes of at least 4 members (excludes halogenated alkanes) is 1. The molecule has 0 bridgehead atoms. The first-order chi connectivity index (χ1) is 7.02. The number of nitrogens with zero attached hydrogens (tertiary/aromatic N) is 1. The Balaban J connectivity index is 4.42. The van der Waals surface area contributed by atoms with Gasteiger partial charge >= 0.3 is 0 Å². The van der Waals surface area contributed by atoms with Gasteiger partial charge in [0.15, 0.2) is 0 Å². The van der Waals surface area contributed by atoms with Crippen molar-refractivity contribution in [2.45, 2.75) is 39.2 Å². The molecule has 0 aliphatic carbocycles. The number of hydrogen-bond acceptors (Lipinski definition) is 3. The number of primary amides is 1. The Morgan fingerprint density at radius 1 is 1.40 bits per heavy atom. The van der Waals surface area contributed by atoms with Crippen LogP contribution in [0.15, 0.2) is 0 Å². The van der Waals surface area contributed by atoms with E-state index < -0.39 is 0 Å². The smallest absolute Gasteiger partial charge is 0.231 e. The maximum Gasteiger partial charge on any atom is 0.231 e. The van der Waals surface area contributed by atoms with Crippen LogP contribution in [0.2, 0.25) is 0 Å². The molecule has 0 spiro atoms. The average molecular weight is 231 g/mol. The average Bonchev–Trinajstić information content (AvgIpc) is 2.13. The van der Waals surface area contributed by atoms with Gasteiger partial charge in [-0.3, -0.25) is 9.69 Å². The molecule has 0 aliphatic heterocycles. The van der Waals surface area contributed by atoms with Crippen LogP contribution in [0.3, 0.4) is 0 Å². The van der Waals surface area contributed by atoms with Gasteiger partial charge in [-0.15, -0.1) is 0 Å². The first-order valence-corrected chi connectivity index (χ1v) is 5.75. The fourth-order valence-corrected chi connectivity index (χ4v) is 1.86. The monoisotopic (exact) mass is 231 g/mol. The summed E-state index contributed by atoms with van der Waals surface area (Å²) in [6.45, 7) is 5.15. The van der Waals surface area contributed by atoms with Crippen LogP contribution in [0.5, 0.6) is 0 Å². The third-order valence-electron chi connectivity index (χ3n) is 2.31. The summed E-state index contributed by atoms with van der Waals surface area (Å²) in [6, 6.07) is -0.0148. The molecule has 0 aromatic heterocycles. The normalized spacial score (nSPS) is 12.7. The molecule has 1 unspecified atom stereocenters. The molecular weight excluding hydrogens is 210 g/mol. The van der Waals surface area contributed by atoms with Crippen molar-refractivity contribution in [2.75, 3.05) is 13.1 Å². The van der Waals surface area contributed by atoms with E-state index in [1.807, 2.05) is 11.8 Å². The van der Waals surface area contributed by atoms with E-state index in [1.54, 1.807) is 0 Å². The first kappa shape index (κ1) is 14.3. The van der Waals surface area contributed by atoms with Gasteiger partial charge in [0.05, 0.1) is 17.6 Å². The number of amides is 1. The second-order valence-corrected chi connectivity index (χ2v) is 4.09. The molecular formula is C10H21N3OS. The Hall–Kier alpha value is -0.680. The van der Waals surface area contributed by atoms with Crippen LogP contribution in [0.1, 0.15) is 33.1 Å². The minimum Gasteiger partial charge on any atom is -0.392 e. The summed E-state index contributed by atoms with van der Waals surface area (Å²) < 4.78 is 0. The quantitative estimate of drug-likeness (QED) is 0.601. The number of thiocarbonyl (C=S) groups is 1. The predicted molar refractivity (Wildman–Crippen MR) is 66.5 cm³/mol. The van der Waals surface area contributed by atoms with E-state index in [0.29, 0.717) is 4.99 Å². The van der Waals surface area contributed by atoms with E-state index in [-0.39, 0.29) is 18.5 Å². The van der Waals surface area contributed by atoms with Gasteiger partial charge in [0.25, 0.3) is 0 Å². The summed E-state index contributed by atoms with van der Waals surface area (Å²) in [6.07, 6.45) is 2.90. The largest absolute Gasteiger partial charge is 0.392 e. The molecule has 4 nitrogen and oxygen atoms in total. The van der Waals surface area contributed by atoms with Gasteiger partial charge in [0.2, 0.25) is 5.91 Å². The van der Waals surface area contributed by atoms with Crippen LogP contribution in [0, 0.1) is 0 Å². The second-order valence-electron chi connectivity index (χ2n) is 3.62. The molecule has 0 radical (unpaired) electrons. The summed E-state index contributed by atoms with van der Waals surface area (Å²) in [4.78, 5) is 13.3. The molecule has 0 heterocycles. The molecule has 0 aromatic rings. The zero-order valence-electron chi connectivity index (χ0n) is 9.53. The highest BCUT2D eigenvalue weighted by atomic mass is 32.1. The maximum absolute atomic E-state index is 10.9. The van der Waals surface area contributed by atoms with E-state index in [2.05, 4.69) is 6.92 Å². The van der Waals surface area contributed by atoms with Crippen molar-refractivity contribution >= 4 is 23.1 Å². The number of carbonyl (C=O) groups excluding carboxylic acids is 1. The van der Waals surface area contributed by atoms with Gasteiger partial charge < -0.3 is 11.5 Å². The van der Waals surface area contributed by atoms with Crippen molar-refractivity contribution in [2.24, 2.45) is 11.5 Å². The highest BCUT2D eigenvalue weighted by molar-refractivity contribution is 7.80. The van der Waals surface area contributed by atoms with Crippen molar-refractivity contribution in [3.8, 4) is 0 Å². The Bertz CT molecular complexity index is 221. The van der Waals surface area contributed by atoms with E-state index in [4.69, 9.17) is 23.7 Å². The van der Waals surface area contributed by atoms with Crippen LogP contribution in [-0.4, -0.2) is 34.9 Å². The topological polar surface area (TPSA) is 72.3 Å². The van der Waals surface area contributed by atoms with Crippen molar-refractivity contribution in [3.63, 3.8) is 0 Å². The zero-order valence-corrected chi connectivity index (χ0v) is 10.3. The molecule has 5 heteroatoms. The molecule has 15 heavy (non-hydrogen) atoms. The lowest BCUT2D eigenvalue weighted by molar-refractivity contribution is -0.119. The summed E-state index contributed by atoms with van der Waals surface area (Å²) in [5, 5.41) is 0. The molecule has 1 amide bonds. The van der Waals surface area contributed by atoms with Gasteiger partial charge in [0, 0.05) is 0 Å². The number of carbonyl (C=O) groups is 1. The number of hydrogen-bond donors (Lipinski definition) is 2. The van der Waals surface area contributed by atoms with Crippen molar-refractivity contribution in [3.05, 3.63) is 0 Å². The molecule has 0 rings (SSSR count). The van der Waals surface area contributed by atoms with Crippen molar-refractivity contribution < 1.29 is 4.79 Å². The zero-order chi connectivity index (χ0) is 11.8. The van der Waals surface area contributed by atoms with Gasteiger partial charge in [-0.1, -0.05) is 32.5 Å². The third-order valence-corrected chi connectivity index (χ3v) is 2.59. The van der Waals surface area contributed by atoms with E-state index >= 15 is 0 Å². The lowest BCUT2D eigenvalue weighted by atomic mass is 10.1. The van der Waals surface area contributed by atoms with E-state index in [1.165, 1.54) is 0 Å². The first-order valence-electron chi connectivity index (χ1n) is 5.34. The second kappa shape index (κ2) is 7.59. The molecule has 0 aliphatic rings. The molecule has 0 saturated heterocycles. The van der Waals surface area contributed by atoms with Crippen molar-refractivity contribution in [1.82, 2.24) is 4.90 Å². The van der Waals surface area contributed by atoms with Crippen LogP contribution in [0.4, 0.5) is 0 Å². The maximum atomic E-state index is 10.9.